The number of nitriles is 1. The monoisotopic (exact) mass is 726 g/mol. The summed E-state index contributed by atoms with van der Waals surface area (Å²) in [6, 6.07) is 6.53. The van der Waals surface area contributed by atoms with Crippen LogP contribution in [0, 0.1) is 22.7 Å². The molecule has 2 N–H and O–H groups in total. The first-order chi connectivity index (χ1) is 24.3. The van der Waals surface area contributed by atoms with Crippen LogP contribution in [-0.4, -0.2) is 113 Å². The number of benzene rings is 1. The number of ether oxygens (including phenoxy) is 2. The Morgan fingerprint density at radius 1 is 1.06 bits per heavy atom. The number of nitrogens with zero attached hydrogens (tertiary/aromatic N) is 5. The number of Topliss-reactive ketones (excluding diaryl/α,β-unsaturated/α-hetero) is 1. The quantitative estimate of drug-likeness (QED) is 0.176. The van der Waals surface area contributed by atoms with Crippen LogP contribution >= 0.6 is 0 Å². The summed E-state index contributed by atoms with van der Waals surface area (Å²) >= 11 is 0. The molecule has 2 aromatic rings. The highest BCUT2D eigenvalue weighted by Gasteiger charge is 2.47. The van der Waals surface area contributed by atoms with Gasteiger partial charge in [-0.05, 0) is 63.3 Å². The Kier molecular flexibility index (Phi) is 13.0. The van der Waals surface area contributed by atoms with Gasteiger partial charge in [0.15, 0.2) is 5.78 Å². The molecule has 3 atom stereocenters. The molecular formula is C38H52F2N6O6. The van der Waals surface area contributed by atoms with Gasteiger partial charge in [-0.1, -0.05) is 20.8 Å². The molecule has 2 amide bonds. The first kappa shape index (κ1) is 40.5. The molecule has 52 heavy (non-hydrogen) atoms. The number of fused-ring (bicyclic) bond motifs is 1. The number of nitrogens with two attached hydrogens (primary N) is 1. The molecule has 1 aromatic carbocycles. The number of pyridine rings is 1. The predicted octanol–water partition coefficient (Wildman–Crippen LogP) is 4.59. The fourth-order valence-electron chi connectivity index (χ4n) is 6.59. The van der Waals surface area contributed by atoms with Gasteiger partial charge in [0.1, 0.15) is 17.4 Å². The molecule has 1 unspecified atom stereocenters. The zero-order valence-corrected chi connectivity index (χ0v) is 31.1. The molecule has 0 spiro atoms. The number of piperazine rings is 1. The third-order valence-electron chi connectivity index (χ3n) is 9.43. The molecule has 1 aromatic heterocycles. The van der Waals surface area contributed by atoms with Gasteiger partial charge in [-0.25, -0.2) is 8.78 Å². The van der Waals surface area contributed by atoms with Crippen LogP contribution in [-0.2, 0) is 19.1 Å². The third kappa shape index (κ3) is 10.9. The van der Waals surface area contributed by atoms with Gasteiger partial charge in [-0.3, -0.25) is 29.1 Å². The van der Waals surface area contributed by atoms with Gasteiger partial charge in [0, 0.05) is 69.1 Å². The zero-order valence-electron chi connectivity index (χ0n) is 31.1. The summed E-state index contributed by atoms with van der Waals surface area (Å²) in [7, 11) is 0. The van der Waals surface area contributed by atoms with E-state index in [2.05, 4.69) is 9.88 Å². The van der Waals surface area contributed by atoms with Crippen LogP contribution in [0.5, 0.6) is 5.75 Å². The van der Waals surface area contributed by atoms with Crippen molar-refractivity contribution in [2.45, 2.75) is 97.3 Å². The van der Waals surface area contributed by atoms with Crippen LogP contribution in [0.2, 0.25) is 0 Å². The molecule has 3 heterocycles. The molecule has 4 rings (SSSR count). The molecule has 0 saturated carbocycles. The Bertz CT molecular complexity index is 1660. The second-order valence-corrected chi connectivity index (χ2v) is 15.9. The molecule has 0 aliphatic carbocycles. The van der Waals surface area contributed by atoms with E-state index in [1.54, 1.807) is 35.2 Å². The van der Waals surface area contributed by atoms with Gasteiger partial charge in [0.05, 0.1) is 36.7 Å². The third-order valence-corrected chi connectivity index (χ3v) is 9.43. The van der Waals surface area contributed by atoms with Crippen molar-refractivity contribution in [2.75, 3.05) is 45.9 Å². The standard InChI is InChI=1S/C38H52F2N6O6/c1-36(2,3)29(35(50)52-37(4,5)6)21-30(42)34(49)45-17-15-44(16-18-45)14-7-19-51-26-8-9-31-28(20-26)27(12-13-43-31)32(47)10-11-33(48)46-24-38(39,40)22-25(46)23-41/h8-9,12-13,20,25,29-30H,7,10-11,14-19,21-22,24,42H2,1-6H3/t25-,29?,30-/m0/s1. The number of halogens is 2. The highest BCUT2D eigenvalue weighted by molar-refractivity contribution is 6.08. The topological polar surface area (TPSA) is 159 Å². The number of alkyl halides is 2. The highest BCUT2D eigenvalue weighted by Crippen LogP contribution is 2.34. The van der Waals surface area contributed by atoms with Crippen LogP contribution in [0.4, 0.5) is 8.78 Å². The lowest BCUT2D eigenvalue weighted by Gasteiger charge is -2.37. The lowest BCUT2D eigenvalue weighted by Crippen LogP contribution is -2.54. The van der Waals surface area contributed by atoms with E-state index in [-0.39, 0.29) is 36.9 Å². The van der Waals surface area contributed by atoms with Crippen LogP contribution in [0.1, 0.15) is 84.0 Å². The van der Waals surface area contributed by atoms with E-state index in [9.17, 15) is 33.2 Å². The van der Waals surface area contributed by atoms with Gasteiger partial charge in [-0.15, -0.1) is 0 Å². The van der Waals surface area contributed by atoms with Crippen LogP contribution in [0.15, 0.2) is 30.5 Å². The Morgan fingerprint density at radius 2 is 1.75 bits per heavy atom. The Balaban J connectivity index is 1.23. The minimum Gasteiger partial charge on any atom is -0.494 e. The second-order valence-electron chi connectivity index (χ2n) is 15.9. The van der Waals surface area contributed by atoms with E-state index in [1.807, 2.05) is 41.5 Å². The van der Waals surface area contributed by atoms with Crippen molar-refractivity contribution in [2.24, 2.45) is 17.1 Å². The van der Waals surface area contributed by atoms with Crippen molar-refractivity contribution in [1.29, 1.82) is 5.26 Å². The Morgan fingerprint density at radius 3 is 2.38 bits per heavy atom. The lowest BCUT2D eigenvalue weighted by molar-refractivity contribution is -0.164. The number of hydrogen-bond donors (Lipinski definition) is 1. The maximum Gasteiger partial charge on any atom is 0.310 e. The van der Waals surface area contributed by atoms with E-state index in [0.717, 1.165) is 17.9 Å². The minimum absolute atomic E-state index is 0.167. The van der Waals surface area contributed by atoms with Crippen molar-refractivity contribution < 1.29 is 37.4 Å². The number of aromatic nitrogens is 1. The van der Waals surface area contributed by atoms with E-state index >= 15 is 0 Å². The normalized spacial score (nSPS) is 19.2. The Labute approximate surface area is 304 Å². The fraction of sp³-hybridized carbons (Fsp3) is 0.632. The average molecular weight is 727 g/mol. The molecule has 14 heteroatoms. The number of carbonyl (C=O) groups is 4. The second kappa shape index (κ2) is 16.6. The number of amides is 2. The van der Waals surface area contributed by atoms with Crippen molar-refractivity contribution in [1.82, 2.24) is 19.7 Å². The summed E-state index contributed by atoms with van der Waals surface area (Å²) in [4.78, 5) is 61.2. The van der Waals surface area contributed by atoms with Crippen molar-refractivity contribution in [3.05, 3.63) is 36.0 Å². The molecule has 2 saturated heterocycles. The summed E-state index contributed by atoms with van der Waals surface area (Å²) in [6.45, 7) is 14.1. The highest BCUT2D eigenvalue weighted by atomic mass is 19.3. The number of ketones is 1. The predicted molar refractivity (Wildman–Crippen MR) is 190 cm³/mol. The summed E-state index contributed by atoms with van der Waals surface area (Å²) < 4.78 is 39.2. The van der Waals surface area contributed by atoms with E-state index in [4.69, 9.17) is 15.2 Å². The first-order valence-electron chi connectivity index (χ1n) is 17.9. The minimum atomic E-state index is -3.12. The van der Waals surface area contributed by atoms with E-state index < -0.39 is 53.8 Å². The molecule has 2 aliphatic heterocycles. The van der Waals surface area contributed by atoms with Crippen LogP contribution in [0.25, 0.3) is 10.9 Å². The van der Waals surface area contributed by atoms with Crippen molar-refractivity contribution in [3.8, 4) is 11.8 Å². The number of hydrogen-bond acceptors (Lipinski definition) is 10. The van der Waals surface area contributed by atoms with Gasteiger partial charge >= 0.3 is 5.97 Å². The van der Waals surface area contributed by atoms with E-state index in [0.29, 0.717) is 55.0 Å². The molecule has 2 fully saturated rings. The zero-order chi connectivity index (χ0) is 38.4. The molecule has 0 radical (unpaired) electrons. The van der Waals surface area contributed by atoms with Crippen LogP contribution in [0.3, 0.4) is 0 Å². The lowest BCUT2D eigenvalue weighted by atomic mass is 9.77. The van der Waals surface area contributed by atoms with Crippen molar-refractivity contribution in [3.63, 3.8) is 0 Å². The van der Waals surface area contributed by atoms with Gasteiger partial charge in [0.2, 0.25) is 11.8 Å². The smallest absolute Gasteiger partial charge is 0.310 e. The van der Waals surface area contributed by atoms with Gasteiger partial charge in [-0.2, -0.15) is 5.26 Å². The fourth-order valence-corrected chi connectivity index (χ4v) is 6.59. The summed E-state index contributed by atoms with van der Waals surface area (Å²) in [5, 5.41) is 9.74. The number of likely N-dealkylation sites (tertiary alicyclic amines) is 1. The molecule has 2 aliphatic rings. The summed E-state index contributed by atoms with van der Waals surface area (Å²) in [5.74, 6) is -4.60. The largest absolute Gasteiger partial charge is 0.494 e. The first-order valence-corrected chi connectivity index (χ1v) is 17.9. The van der Waals surface area contributed by atoms with E-state index in [1.165, 1.54) is 6.20 Å². The number of esters is 1. The number of rotatable bonds is 13. The molecule has 284 valence electrons. The Hall–Kier alpha value is -4.22. The van der Waals surface area contributed by atoms with Crippen LogP contribution < -0.4 is 10.5 Å². The van der Waals surface area contributed by atoms with Crippen molar-refractivity contribution >= 4 is 34.5 Å². The molecular weight excluding hydrogens is 674 g/mol. The molecule has 12 nitrogen and oxygen atoms in total. The summed E-state index contributed by atoms with van der Waals surface area (Å²) in [5.41, 5.74) is 6.22. The average Bonchev–Trinajstić information content (AvgIpc) is 3.40. The molecule has 0 bridgehead atoms. The summed E-state index contributed by atoms with van der Waals surface area (Å²) in [6.07, 6.45) is 1.24. The number of carbonyl (C=O) groups excluding carboxylic acids is 4. The maximum absolute atomic E-state index is 13.8. The van der Waals surface area contributed by atoms with Gasteiger partial charge in [0.25, 0.3) is 5.92 Å². The maximum atomic E-state index is 13.8. The SMILES string of the molecule is CC(C)(C)OC(=O)C(C[C@H](N)C(=O)N1CCN(CCCOc2ccc3nccc(C(=O)CCC(=O)N4CC(F)(F)C[C@H]4C#N)c3c2)CC1)C(C)(C)C. The van der Waals surface area contributed by atoms with Gasteiger partial charge < -0.3 is 25.0 Å².